The van der Waals surface area contributed by atoms with Gasteiger partial charge in [0.1, 0.15) is 5.54 Å². The predicted octanol–water partition coefficient (Wildman–Crippen LogP) is 1.37. The maximum atomic E-state index is 12.6. The second-order valence-corrected chi connectivity index (χ2v) is 7.30. The minimum atomic E-state index is -0.830. The molecule has 0 bridgehead atoms. The Morgan fingerprint density at radius 1 is 1.22 bits per heavy atom. The molecule has 1 aromatic rings. The van der Waals surface area contributed by atoms with E-state index in [-0.39, 0.29) is 17.1 Å². The van der Waals surface area contributed by atoms with Crippen molar-refractivity contribution < 1.29 is 14.4 Å². The molecule has 0 unspecified atom stereocenters. The average Bonchev–Trinajstić information content (AvgIpc) is 2.82. The molecule has 0 radical (unpaired) electrons. The first-order chi connectivity index (χ1) is 11.0. The summed E-state index contributed by atoms with van der Waals surface area (Å²) in [5.74, 6) is -0.209. The van der Waals surface area contributed by atoms with Crippen molar-refractivity contribution >= 4 is 29.6 Å². The van der Waals surface area contributed by atoms with E-state index in [4.69, 9.17) is 0 Å². The van der Waals surface area contributed by atoms with Crippen molar-refractivity contribution in [3.8, 4) is 0 Å². The second kappa shape index (κ2) is 6.23. The van der Waals surface area contributed by atoms with Crippen molar-refractivity contribution in [2.75, 3.05) is 13.1 Å². The second-order valence-electron chi connectivity index (χ2n) is 5.89. The van der Waals surface area contributed by atoms with Crippen LogP contribution in [0.3, 0.4) is 0 Å². The largest absolute Gasteiger partial charge is 0.342 e. The summed E-state index contributed by atoms with van der Waals surface area (Å²) < 4.78 is 0. The molecule has 122 valence electrons. The molecule has 2 aliphatic rings. The van der Waals surface area contributed by atoms with E-state index < -0.39 is 11.6 Å². The Morgan fingerprint density at radius 2 is 1.87 bits per heavy atom. The molecule has 3 rings (SSSR count). The molecule has 1 spiro atoms. The Bertz CT molecular complexity index is 627. The maximum absolute atomic E-state index is 12.6. The molecule has 0 saturated carbocycles. The topological polar surface area (TPSA) is 78.5 Å². The van der Waals surface area contributed by atoms with E-state index in [9.17, 15) is 14.4 Å². The molecule has 23 heavy (non-hydrogen) atoms. The predicted molar refractivity (Wildman–Crippen MR) is 87.0 cm³/mol. The highest BCUT2D eigenvalue weighted by Crippen LogP contribution is 2.29. The van der Waals surface area contributed by atoms with Crippen LogP contribution in [-0.4, -0.2) is 46.6 Å². The Morgan fingerprint density at radius 3 is 2.43 bits per heavy atom. The van der Waals surface area contributed by atoms with E-state index in [0.717, 1.165) is 4.90 Å². The van der Waals surface area contributed by atoms with E-state index in [2.05, 4.69) is 10.6 Å². The quantitative estimate of drug-likeness (QED) is 0.647. The number of likely N-dealkylation sites (tertiary alicyclic amines) is 1. The van der Waals surface area contributed by atoms with Gasteiger partial charge in [-0.2, -0.15) is 0 Å². The van der Waals surface area contributed by atoms with Gasteiger partial charge in [0, 0.05) is 18.0 Å². The van der Waals surface area contributed by atoms with Gasteiger partial charge in [-0.15, -0.1) is 11.8 Å². The zero-order valence-electron chi connectivity index (χ0n) is 12.9. The molecule has 2 fully saturated rings. The van der Waals surface area contributed by atoms with Crippen LogP contribution in [0.2, 0.25) is 0 Å². The van der Waals surface area contributed by atoms with Crippen LogP contribution >= 0.6 is 11.8 Å². The highest BCUT2D eigenvalue weighted by Gasteiger charge is 2.48. The molecule has 0 aliphatic carbocycles. The summed E-state index contributed by atoms with van der Waals surface area (Å²) in [7, 11) is 0. The number of nitrogens with one attached hydrogen (secondary N) is 2. The number of imide groups is 1. The van der Waals surface area contributed by atoms with Crippen LogP contribution in [0.1, 0.15) is 19.8 Å². The normalized spacial score (nSPS) is 21.0. The van der Waals surface area contributed by atoms with Gasteiger partial charge in [0.15, 0.2) is 0 Å². The number of urea groups is 1. The van der Waals surface area contributed by atoms with Crippen molar-refractivity contribution in [3.05, 3.63) is 30.3 Å². The SMILES string of the molecule is C[C@H](Sc1ccccc1)C(=O)N1CCC2(CC1)NC(=O)NC2=O. The third kappa shape index (κ3) is 3.19. The molecule has 2 aliphatic heterocycles. The third-order valence-corrected chi connectivity index (χ3v) is 5.45. The zero-order chi connectivity index (χ0) is 16.4. The fourth-order valence-electron chi connectivity index (χ4n) is 3.00. The van der Waals surface area contributed by atoms with E-state index >= 15 is 0 Å². The molecule has 1 atom stereocenters. The molecule has 2 saturated heterocycles. The van der Waals surface area contributed by atoms with E-state index in [1.54, 1.807) is 4.90 Å². The smallest absolute Gasteiger partial charge is 0.322 e. The Hall–Kier alpha value is -2.02. The summed E-state index contributed by atoms with van der Waals surface area (Å²) in [6.45, 7) is 2.85. The van der Waals surface area contributed by atoms with Crippen LogP contribution in [0, 0.1) is 0 Å². The number of thioether (sulfide) groups is 1. The summed E-state index contributed by atoms with van der Waals surface area (Å²) in [6.07, 6.45) is 0.915. The van der Waals surface area contributed by atoms with Gasteiger partial charge >= 0.3 is 6.03 Å². The van der Waals surface area contributed by atoms with Crippen LogP contribution in [0.25, 0.3) is 0 Å². The van der Waals surface area contributed by atoms with E-state index in [0.29, 0.717) is 25.9 Å². The van der Waals surface area contributed by atoms with E-state index in [1.165, 1.54) is 11.8 Å². The zero-order valence-corrected chi connectivity index (χ0v) is 13.7. The van der Waals surface area contributed by atoms with Crippen molar-refractivity contribution in [2.45, 2.75) is 35.4 Å². The number of benzene rings is 1. The highest BCUT2D eigenvalue weighted by atomic mass is 32.2. The van der Waals surface area contributed by atoms with Gasteiger partial charge in [0.25, 0.3) is 5.91 Å². The van der Waals surface area contributed by atoms with Crippen LogP contribution < -0.4 is 10.6 Å². The van der Waals surface area contributed by atoms with Crippen molar-refractivity contribution in [3.63, 3.8) is 0 Å². The summed E-state index contributed by atoms with van der Waals surface area (Å²) in [4.78, 5) is 38.6. The molecule has 6 nitrogen and oxygen atoms in total. The number of rotatable bonds is 3. The molecular formula is C16H19N3O3S. The number of nitrogens with zero attached hydrogens (tertiary/aromatic N) is 1. The Labute approximate surface area is 139 Å². The van der Waals surface area contributed by atoms with E-state index in [1.807, 2.05) is 37.3 Å². The molecule has 4 amide bonds. The van der Waals surface area contributed by atoms with Crippen LogP contribution in [0.4, 0.5) is 4.79 Å². The van der Waals surface area contributed by atoms with Crippen LogP contribution in [0.15, 0.2) is 35.2 Å². The monoisotopic (exact) mass is 333 g/mol. The van der Waals surface area contributed by atoms with Gasteiger partial charge in [0.2, 0.25) is 5.91 Å². The Kier molecular flexibility index (Phi) is 4.30. The maximum Gasteiger partial charge on any atom is 0.322 e. The molecule has 1 aromatic carbocycles. The fraction of sp³-hybridized carbons (Fsp3) is 0.438. The Balaban J connectivity index is 1.58. The van der Waals surface area contributed by atoms with Crippen molar-refractivity contribution in [2.24, 2.45) is 0 Å². The first kappa shape index (κ1) is 15.9. The minimum Gasteiger partial charge on any atom is -0.342 e. The molecular weight excluding hydrogens is 314 g/mol. The molecule has 0 aromatic heterocycles. The summed E-state index contributed by atoms with van der Waals surface area (Å²) in [5, 5.41) is 4.80. The lowest BCUT2D eigenvalue weighted by Crippen LogP contribution is -2.56. The van der Waals surface area contributed by atoms with Gasteiger partial charge in [-0.25, -0.2) is 4.79 Å². The van der Waals surface area contributed by atoms with Crippen molar-refractivity contribution in [1.82, 2.24) is 15.5 Å². The van der Waals surface area contributed by atoms with Crippen LogP contribution in [-0.2, 0) is 9.59 Å². The first-order valence-corrected chi connectivity index (χ1v) is 8.52. The average molecular weight is 333 g/mol. The number of hydrogen-bond donors (Lipinski definition) is 2. The molecule has 2 heterocycles. The number of carbonyl (C=O) groups is 3. The summed E-state index contributed by atoms with van der Waals surface area (Å²) in [5.41, 5.74) is -0.830. The molecule has 7 heteroatoms. The lowest BCUT2D eigenvalue weighted by molar-refractivity contribution is -0.135. The number of piperidine rings is 1. The van der Waals surface area contributed by atoms with Gasteiger partial charge < -0.3 is 10.2 Å². The number of amides is 4. The summed E-state index contributed by atoms with van der Waals surface area (Å²) in [6, 6.07) is 9.37. The van der Waals surface area contributed by atoms with Crippen molar-refractivity contribution in [1.29, 1.82) is 0 Å². The third-order valence-electron chi connectivity index (χ3n) is 4.35. The molecule has 2 N–H and O–H groups in total. The lowest BCUT2D eigenvalue weighted by atomic mass is 9.87. The highest BCUT2D eigenvalue weighted by molar-refractivity contribution is 8.00. The lowest BCUT2D eigenvalue weighted by Gasteiger charge is -2.37. The minimum absolute atomic E-state index is 0.0680. The fourth-order valence-corrected chi connectivity index (χ4v) is 3.97. The van der Waals surface area contributed by atoms with Gasteiger partial charge in [0.05, 0.1) is 5.25 Å². The van der Waals surface area contributed by atoms with Gasteiger partial charge in [-0.05, 0) is 31.9 Å². The number of carbonyl (C=O) groups excluding carboxylic acids is 3. The summed E-state index contributed by atoms with van der Waals surface area (Å²) >= 11 is 1.53. The standard InChI is InChI=1S/C16H19N3O3S/c1-11(23-12-5-3-2-4-6-12)13(20)19-9-7-16(8-10-19)14(21)17-15(22)18-16/h2-6,11H,7-10H2,1H3,(H2,17,18,21,22)/t11-/m0/s1. The van der Waals surface area contributed by atoms with Crippen LogP contribution in [0.5, 0.6) is 0 Å². The van der Waals surface area contributed by atoms with Gasteiger partial charge in [-0.3, -0.25) is 14.9 Å². The first-order valence-electron chi connectivity index (χ1n) is 7.64. The number of hydrogen-bond acceptors (Lipinski definition) is 4. The van der Waals surface area contributed by atoms with Gasteiger partial charge in [-0.1, -0.05) is 18.2 Å².